The van der Waals surface area contributed by atoms with Crippen molar-refractivity contribution >= 4 is 11.8 Å². The third-order valence-electron chi connectivity index (χ3n) is 5.72. The van der Waals surface area contributed by atoms with E-state index in [1.54, 1.807) is 26.1 Å². The van der Waals surface area contributed by atoms with Crippen LogP contribution in [0.1, 0.15) is 18.4 Å². The maximum absolute atomic E-state index is 13.3. The van der Waals surface area contributed by atoms with Gasteiger partial charge in [-0.15, -0.1) is 0 Å². The zero-order chi connectivity index (χ0) is 20.9. The third kappa shape index (κ3) is 4.67. The summed E-state index contributed by atoms with van der Waals surface area (Å²) in [6.07, 6.45) is 1.64. The maximum Gasteiger partial charge on any atom is 0.230 e. The number of likely N-dealkylation sites (tertiary alicyclic amines) is 1. The Morgan fingerprint density at radius 3 is 2.45 bits per heavy atom. The van der Waals surface area contributed by atoms with Gasteiger partial charge in [0.25, 0.3) is 0 Å². The molecule has 2 amide bonds. The zero-order valence-electron chi connectivity index (χ0n) is 17.6. The number of amides is 2. The zero-order valence-corrected chi connectivity index (χ0v) is 17.6. The number of ether oxygens (including phenoxy) is 1. The van der Waals surface area contributed by atoms with Crippen LogP contribution in [0.5, 0.6) is 0 Å². The van der Waals surface area contributed by atoms with Crippen LogP contribution >= 0.6 is 0 Å². The summed E-state index contributed by atoms with van der Waals surface area (Å²) in [5.74, 6) is 0.138. The predicted octanol–water partition coefficient (Wildman–Crippen LogP) is 3.24. The first-order valence-corrected chi connectivity index (χ1v) is 10.1. The molecule has 1 aliphatic heterocycles. The predicted molar refractivity (Wildman–Crippen MR) is 114 cm³/mol. The van der Waals surface area contributed by atoms with Gasteiger partial charge in [-0.2, -0.15) is 0 Å². The van der Waals surface area contributed by atoms with Crippen LogP contribution in [0.25, 0.3) is 11.1 Å². The van der Waals surface area contributed by atoms with Gasteiger partial charge >= 0.3 is 0 Å². The highest BCUT2D eigenvalue weighted by Crippen LogP contribution is 2.38. The smallest absolute Gasteiger partial charge is 0.230 e. The first-order valence-electron chi connectivity index (χ1n) is 10.1. The van der Waals surface area contributed by atoms with Crippen molar-refractivity contribution in [2.75, 3.05) is 40.9 Å². The Morgan fingerprint density at radius 2 is 1.76 bits per heavy atom. The minimum atomic E-state index is -0.600. The van der Waals surface area contributed by atoms with Crippen LogP contribution < -0.4 is 0 Å². The fraction of sp³-hybridized carbons (Fsp3) is 0.417. The first-order chi connectivity index (χ1) is 14.0. The van der Waals surface area contributed by atoms with Gasteiger partial charge in [-0.1, -0.05) is 54.6 Å². The van der Waals surface area contributed by atoms with Crippen molar-refractivity contribution in [1.82, 2.24) is 9.80 Å². The second-order valence-corrected chi connectivity index (χ2v) is 7.99. The average molecular weight is 395 g/mol. The molecule has 1 atom stereocenters. The molecule has 0 aromatic heterocycles. The van der Waals surface area contributed by atoms with Crippen molar-refractivity contribution in [2.45, 2.75) is 19.3 Å². The lowest BCUT2D eigenvalue weighted by molar-refractivity contribution is -0.139. The maximum atomic E-state index is 13.3. The van der Waals surface area contributed by atoms with E-state index >= 15 is 0 Å². The second kappa shape index (κ2) is 9.23. The molecule has 0 bridgehead atoms. The summed E-state index contributed by atoms with van der Waals surface area (Å²) in [6, 6.07) is 18.5. The van der Waals surface area contributed by atoms with Gasteiger partial charge in [0.1, 0.15) is 0 Å². The Balaban J connectivity index is 1.91. The molecular formula is C24H30N2O3. The second-order valence-electron chi connectivity index (χ2n) is 7.99. The Kier molecular flexibility index (Phi) is 6.70. The van der Waals surface area contributed by atoms with E-state index in [-0.39, 0.29) is 11.8 Å². The lowest BCUT2D eigenvalue weighted by atomic mass is 9.77. The fourth-order valence-corrected chi connectivity index (χ4v) is 4.24. The van der Waals surface area contributed by atoms with Gasteiger partial charge < -0.3 is 14.5 Å². The van der Waals surface area contributed by atoms with Crippen molar-refractivity contribution in [3.63, 3.8) is 0 Å². The van der Waals surface area contributed by atoms with Crippen LogP contribution in [0, 0.1) is 5.41 Å². The molecule has 0 radical (unpaired) electrons. The molecule has 0 N–H and O–H groups in total. The molecule has 0 aliphatic carbocycles. The summed E-state index contributed by atoms with van der Waals surface area (Å²) in [7, 11) is 5.18. The van der Waals surface area contributed by atoms with E-state index in [2.05, 4.69) is 24.3 Å². The molecule has 1 heterocycles. The van der Waals surface area contributed by atoms with Gasteiger partial charge in [-0.3, -0.25) is 9.59 Å². The van der Waals surface area contributed by atoms with Crippen LogP contribution in [0.15, 0.2) is 54.6 Å². The monoisotopic (exact) mass is 394 g/mol. The number of hydrogen-bond donors (Lipinski definition) is 0. The molecule has 1 fully saturated rings. The molecule has 0 unspecified atom stereocenters. The fourth-order valence-electron chi connectivity index (χ4n) is 4.24. The summed E-state index contributed by atoms with van der Waals surface area (Å²) in [5.41, 5.74) is 2.82. The van der Waals surface area contributed by atoms with Crippen LogP contribution in [-0.4, -0.2) is 62.5 Å². The van der Waals surface area contributed by atoms with Gasteiger partial charge in [-0.05, 0) is 29.5 Å². The number of hydrogen-bond acceptors (Lipinski definition) is 3. The van der Waals surface area contributed by atoms with E-state index in [9.17, 15) is 9.59 Å². The van der Waals surface area contributed by atoms with Crippen molar-refractivity contribution in [3.8, 4) is 11.1 Å². The highest BCUT2D eigenvalue weighted by atomic mass is 16.5. The van der Waals surface area contributed by atoms with Gasteiger partial charge in [0, 0.05) is 34.3 Å². The molecule has 5 heteroatoms. The van der Waals surface area contributed by atoms with Crippen LogP contribution in [-0.2, 0) is 20.7 Å². The summed E-state index contributed by atoms with van der Waals surface area (Å²) < 4.78 is 5.05. The molecule has 2 aromatic carbocycles. The molecule has 1 saturated heterocycles. The third-order valence-corrected chi connectivity index (χ3v) is 5.72. The molecule has 0 spiro atoms. The van der Waals surface area contributed by atoms with E-state index < -0.39 is 5.41 Å². The lowest BCUT2D eigenvalue weighted by Crippen LogP contribution is -2.44. The molecule has 1 aliphatic rings. The highest BCUT2D eigenvalue weighted by molar-refractivity contribution is 5.86. The van der Waals surface area contributed by atoms with Crippen LogP contribution in [0.4, 0.5) is 0 Å². The molecule has 5 nitrogen and oxygen atoms in total. The molecule has 3 rings (SSSR count). The van der Waals surface area contributed by atoms with Crippen molar-refractivity contribution in [3.05, 3.63) is 60.2 Å². The summed E-state index contributed by atoms with van der Waals surface area (Å²) in [4.78, 5) is 29.3. The Labute approximate surface area is 173 Å². The number of benzene rings is 2. The number of carbonyl (C=O) groups excluding carboxylic acids is 2. The number of rotatable bonds is 7. The lowest BCUT2D eigenvalue weighted by Gasteiger charge is -2.32. The van der Waals surface area contributed by atoms with Gasteiger partial charge in [0.05, 0.1) is 18.4 Å². The summed E-state index contributed by atoms with van der Waals surface area (Å²) in [6.45, 7) is 1.46. The van der Waals surface area contributed by atoms with E-state index in [4.69, 9.17) is 4.74 Å². The Morgan fingerprint density at radius 1 is 1.07 bits per heavy atom. The Bertz CT molecular complexity index is 850. The number of methoxy groups -OCH3 is 1. The molecule has 2 aromatic rings. The SMILES string of the molecule is COCCC(=O)N1CC[C@](Cc2ccccc2-c2ccccc2)(C(=O)N(C)C)C1. The van der Waals surface area contributed by atoms with Gasteiger partial charge in [-0.25, -0.2) is 0 Å². The van der Waals surface area contributed by atoms with Crippen molar-refractivity contribution in [2.24, 2.45) is 5.41 Å². The van der Waals surface area contributed by atoms with E-state index in [1.165, 1.54) is 0 Å². The summed E-state index contributed by atoms with van der Waals surface area (Å²) in [5, 5.41) is 0. The van der Waals surface area contributed by atoms with Crippen molar-refractivity contribution in [1.29, 1.82) is 0 Å². The topological polar surface area (TPSA) is 49.9 Å². The van der Waals surface area contributed by atoms with E-state index in [0.717, 1.165) is 16.7 Å². The van der Waals surface area contributed by atoms with Crippen LogP contribution in [0.2, 0.25) is 0 Å². The van der Waals surface area contributed by atoms with E-state index in [0.29, 0.717) is 39.0 Å². The quantitative estimate of drug-likeness (QED) is 0.724. The molecule has 154 valence electrons. The number of nitrogens with zero attached hydrogens (tertiary/aromatic N) is 2. The van der Waals surface area contributed by atoms with Gasteiger partial charge in [0.15, 0.2) is 0 Å². The first kappa shape index (κ1) is 21.1. The largest absolute Gasteiger partial charge is 0.384 e. The minimum absolute atomic E-state index is 0.0524. The van der Waals surface area contributed by atoms with Crippen LogP contribution in [0.3, 0.4) is 0 Å². The van der Waals surface area contributed by atoms with E-state index in [1.807, 2.05) is 35.2 Å². The molecular weight excluding hydrogens is 364 g/mol. The number of carbonyl (C=O) groups is 2. The highest BCUT2D eigenvalue weighted by Gasteiger charge is 2.46. The molecule has 0 saturated carbocycles. The normalized spacial score (nSPS) is 18.7. The van der Waals surface area contributed by atoms with Crippen molar-refractivity contribution < 1.29 is 14.3 Å². The minimum Gasteiger partial charge on any atom is -0.384 e. The summed E-state index contributed by atoms with van der Waals surface area (Å²) >= 11 is 0. The average Bonchev–Trinajstić information content (AvgIpc) is 3.17. The van der Waals surface area contributed by atoms with Gasteiger partial charge in [0.2, 0.25) is 11.8 Å². The standard InChI is InChI=1S/C24H30N2O3/c1-25(2)23(28)24(14-15-26(18-24)22(27)13-16-29-3)17-20-11-7-8-12-21(20)19-9-5-4-6-10-19/h4-12H,13-18H2,1-3H3/t24-/m1/s1. The Hall–Kier alpha value is -2.66. The molecule has 29 heavy (non-hydrogen) atoms.